The second-order valence-electron chi connectivity index (χ2n) is 33.7. The summed E-state index contributed by atoms with van der Waals surface area (Å²) in [4.78, 5) is 66.1. The van der Waals surface area contributed by atoms with Gasteiger partial charge in [0.2, 0.25) is 46.4 Å². The Labute approximate surface area is 860 Å². The molecule has 0 spiro atoms. The number of para-hydroxylation sites is 1. The first-order valence-corrected chi connectivity index (χ1v) is 48.8. The van der Waals surface area contributed by atoms with Crippen molar-refractivity contribution in [2.45, 2.75) is 171 Å². The van der Waals surface area contributed by atoms with Crippen molar-refractivity contribution < 1.29 is 67.7 Å². The van der Waals surface area contributed by atoms with Gasteiger partial charge in [0.25, 0.3) is 0 Å². The molecule has 0 aliphatic carbocycles. The molecule has 1 atom stereocenters. The van der Waals surface area contributed by atoms with Crippen molar-refractivity contribution in [3.63, 3.8) is 0 Å². The second kappa shape index (κ2) is 65.3. The van der Waals surface area contributed by atoms with E-state index in [9.17, 15) is 34.5 Å². The first-order valence-electron chi connectivity index (χ1n) is 47.6. The predicted octanol–water partition coefficient (Wildman–Crippen LogP) is 25.5. The number of amides is 4. The lowest BCUT2D eigenvalue weighted by Crippen LogP contribution is -2.25. The molecule has 144 heavy (non-hydrogen) atoms. The summed E-state index contributed by atoms with van der Waals surface area (Å²) in [6.07, 6.45) is 8.37. The summed E-state index contributed by atoms with van der Waals surface area (Å²) in [6, 6.07) is 85.1. The summed E-state index contributed by atoms with van der Waals surface area (Å²) in [5.74, 6) is 3.53. The van der Waals surface area contributed by atoms with Gasteiger partial charge in [0.05, 0.1) is 63.4 Å². The van der Waals surface area contributed by atoms with Crippen molar-refractivity contribution in [1.29, 1.82) is 0 Å². The van der Waals surface area contributed by atoms with Gasteiger partial charge in [-0.1, -0.05) is 206 Å². The number of allylic oxidation sites excluding steroid dienone is 2. The topological polar surface area (TPSA) is 262 Å². The summed E-state index contributed by atoms with van der Waals surface area (Å²) in [7, 11) is 0. The normalized spacial score (nSPS) is 10.4. The summed E-state index contributed by atoms with van der Waals surface area (Å²) in [6.45, 7) is 64.9. The van der Waals surface area contributed by atoms with Gasteiger partial charge in [-0.25, -0.2) is 19.4 Å². The molecule has 0 aliphatic heterocycles. The highest BCUT2D eigenvalue weighted by Gasteiger charge is 2.20. The number of ether oxygens (including phenoxy) is 7. The third-order valence-electron chi connectivity index (χ3n) is 21.0. The van der Waals surface area contributed by atoms with Crippen LogP contribution in [0.4, 0.5) is 28.4 Å². The predicted molar refractivity (Wildman–Crippen MR) is 583 cm³/mol. The molecular formula is C120H136BrN9O14. The smallest absolute Gasteiger partial charge is 0.250 e. The fourth-order valence-electron chi connectivity index (χ4n) is 14.0. The van der Waals surface area contributed by atoms with Gasteiger partial charge in [-0.15, -0.1) is 13.2 Å². The van der Waals surface area contributed by atoms with Crippen molar-refractivity contribution in [2.24, 2.45) is 0 Å². The number of phenols is 1. The number of hydrogen-bond donors (Lipinski definition) is 7. The summed E-state index contributed by atoms with van der Waals surface area (Å²) >= 11 is 3.36. The van der Waals surface area contributed by atoms with E-state index in [1.807, 2.05) is 213 Å². The fourth-order valence-corrected chi connectivity index (χ4v) is 14.4. The van der Waals surface area contributed by atoms with E-state index in [1.165, 1.54) is 17.3 Å². The second-order valence-corrected chi connectivity index (χ2v) is 34.2. The SMILES string of the molecule is BrCc1ccccc1.C.CCN(CC)c1ccccc1.[C-]#[N+]c1cc(C(=O)NCCc2ccc(O)c(CC=C)c2)ccc1OC(C)C.[C-]#[N+]c1cc(C(=O)NCCc2ccc(OCC=C)cc2)ccc1OC(C)C.[C-]#[N+]c1cc(C(=O)NCCc2ccc(OCc3ccccc3)c(CC(O)CO)c2)ccc1OC(C)C.[C-]#[N+]c1cc(C(=O)NCCc2ccc(OCc3ccccc3)c(CC=C)c2)ccc1OC(C)C. The van der Waals surface area contributed by atoms with Crippen molar-refractivity contribution in [3.05, 3.63) is 435 Å². The molecule has 0 aliphatic rings. The lowest BCUT2D eigenvalue weighted by atomic mass is 10.0. The molecule has 12 rings (SSSR count). The minimum Gasteiger partial charge on any atom is -0.508 e. The van der Waals surface area contributed by atoms with Crippen LogP contribution in [0.15, 0.2) is 311 Å². The number of halogens is 1. The first-order chi connectivity index (χ1) is 69.2. The number of nitrogens with one attached hydrogen (secondary N) is 4. The average Bonchev–Trinajstić information content (AvgIpc) is 0.853. The number of rotatable bonds is 44. The monoisotopic (exact) mass is 2010 g/mol. The van der Waals surface area contributed by atoms with Crippen LogP contribution in [0.2, 0.25) is 0 Å². The van der Waals surface area contributed by atoms with Crippen LogP contribution in [0.5, 0.6) is 46.0 Å². The Kier molecular flexibility index (Phi) is 53.1. The maximum Gasteiger partial charge on any atom is 0.250 e. The largest absolute Gasteiger partial charge is 0.508 e. The number of nitrogens with zero attached hydrogens (tertiary/aromatic N) is 5. The Balaban J connectivity index is 0.000000277. The molecule has 0 heterocycles. The van der Waals surface area contributed by atoms with E-state index in [-0.39, 0.29) is 74.2 Å². The van der Waals surface area contributed by atoms with Gasteiger partial charge in [0.1, 0.15) is 65.8 Å². The molecule has 0 bridgehead atoms. The molecule has 12 aromatic rings. The Morgan fingerprint density at radius 1 is 0.382 bits per heavy atom. The van der Waals surface area contributed by atoms with E-state index < -0.39 is 6.10 Å². The van der Waals surface area contributed by atoms with Crippen LogP contribution in [0.25, 0.3) is 19.4 Å². The molecule has 23 nitrogen and oxygen atoms in total. The van der Waals surface area contributed by atoms with Crippen LogP contribution in [-0.2, 0) is 63.5 Å². The molecule has 1 unspecified atom stereocenters. The van der Waals surface area contributed by atoms with Crippen molar-refractivity contribution in [3.8, 4) is 46.0 Å². The molecule has 752 valence electrons. The number of aliphatic hydroxyl groups excluding tert-OH is 2. The van der Waals surface area contributed by atoms with Gasteiger partial charge >= 0.3 is 0 Å². The Morgan fingerprint density at radius 3 is 1.02 bits per heavy atom. The van der Waals surface area contributed by atoms with Gasteiger partial charge in [0.15, 0.2) is 0 Å². The van der Waals surface area contributed by atoms with Crippen LogP contribution in [-0.4, -0.2) is 122 Å². The zero-order valence-electron chi connectivity index (χ0n) is 83.4. The van der Waals surface area contributed by atoms with E-state index in [0.29, 0.717) is 158 Å². The Morgan fingerprint density at radius 2 is 0.694 bits per heavy atom. The first kappa shape index (κ1) is 117. The van der Waals surface area contributed by atoms with Crippen LogP contribution in [0.1, 0.15) is 174 Å². The highest BCUT2D eigenvalue weighted by Crippen LogP contribution is 2.35. The number of anilines is 1. The number of phenolic OH excluding ortho intramolecular Hbond substituents is 1. The van der Waals surface area contributed by atoms with Crippen molar-refractivity contribution >= 4 is 68.0 Å². The van der Waals surface area contributed by atoms with E-state index in [0.717, 1.165) is 80.0 Å². The molecule has 0 saturated carbocycles. The highest BCUT2D eigenvalue weighted by atomic mass is 79.9. The molecule has 12 aromatic carbocycles. The number of alkyl halides is 1. The van der Waals surface area contributed by atoms with Crippen molar-refractivity contribution in [2.75, 3.05) is 57.4 Å². The van der Waals surface area contributed by atoms with Crippen LogP contribution >= 0.6 is 15.9 Å². The van der Waals surface area contributed by atoms with E-state index >= 15 is 0 Å². The zero-order chi connectivity index (χ0) is 104. The van der Waals surface area contributed by atoms with Gasteiger partial charge in [-0.3, -0.25) is 19.2 Å². The maximum absolute atomic E-state index is 12.6. The summed E-state index contributed by atoms with van der Waals surface area (Å²) in [5, 5.41) is 41.6. The molecule has 0 fully saturated rings. The minimum atomic E-state index is -0.890. The van der Waals surface area contributed by atoms with Gasteiger partial charge in [-0.05, 0) is 279 Å². The number of aromatic hydroxyl groups is 1. The molecule has 0 aromatic heterocycles. The third-order valence-corrected chi connectivity index (χ3v) is 21.7. The quantitative estimate of drug-likeness (QED) is 0.0106. The molecule has 7 N–H and O–H groups in total. The van der Waals surface area contributed by atoms with Gasteiger partial charge in [-0.2, -0.15) is 0 Å². The summed E-state index contributed by atoms with van der Waals surface area (Å²) in [5.41, 5.74) is 14.7. The molecule has 0 radical (unpaired) electrons. The third kappa shape index (κ3) is 42.0. The number of hydrogen-bond acceptors (Lipinski definition) is 15. The molecular weight excluding hydrogens is 1870 g/mol. The van der Waals surface area contributed by atoms with Gasteiger partial charge in [0, 0.05) is 79.0 Å². The standard InChI is InChI=1S/C29H32N2O5.C29H30N2O3.2C22H24N2O3.C10H15N.C7H7Br.CH4/c1-20(2)36-28-12-10-23(17-26(28)30-3)29(34)31-14-13-21-9-11-27(24(15-21)16-25(33)18-32)35-19-22-7-5-4-6-8-22;1-5-9-24-18-22(12-14-27(24)33-20-23-10-7-6-8-11-23)16-17-31-29(32)25-13-15-28(34-21(2)3)26(19-25)30-4;1-5-14-26-19-9-6-17(7-10-19)12-13-24-22(25)18-8-11-21(27-16(2)3)20(15-18)23-4;1-5-6-17-13-16(7-9-20(17)25)11-12-24-22(26)18-8-10-21(27-15(2)3)19(14-18)23-4;1-3-11(4-2)10-8-6-5-7-9-10;8-6-7-4-2-1-3-5-7;/h4-12,15,17,20,25,32-33H,13-14,16,18-19H2,1-2H3,(H,31,34);5-8,10-15,18-19,21H,1,9,16-17,20H2,2-3H3,(H,31,32);5-11,15-16H,1,12-14H2,2-3H3,(H,24,25);5,7-10,13-15,25H,1,6,11-12H2,2-3H3,(H,24,26);5-9H,3-4H2,1-2H3;1-5H,6H2;1H4. The zero-order valence-corrected chi connectivity index (χ0v) is 85.0. The number of aliphatic hydroxyl groups is 2. The average molecular weight is 2010 g/mol. The number of benzene rings is 12. The molecule has 0 saturated heterocycles. The number of carbonyl (C=O) groups excluding carboxylic acids is 4. The molecule has 24 heteroatoms. The van der Waals surface area contributed by atoms with E-state index in [2.05, 4.69) is 138 Å². The van der Waals surface area contributed by atoms with Crippen LogP contribution < -0.4 is 59.3 Å². The van der Waals surface area contributed by atoms with Crippen molar-refractivity contribution in [1.82, 2.24) is 21.3 Å². The Bertz CT molecular complexity index is 6170. The minimum absolute atomic E-state index is 0. The Hall–Kier alpha value is -15.7. The molecule has 4 amide bonds. The lowest BCUT2D eigenvalue weighted by molar-refractivity contribution is 0.0945. The highest BCUT2D eigenvalue weighted by molar-refractivity contribution is 9.08. The van der Waals surface area contributed by atoms with Crippen LogP contribution in [0.3, 0.4) is 0 Å². The van der Waals surface area contributed by atoms with Gasteiger partial charge < -0.3 is 74.6 Å². The number of carbonyl (C=O) groups is 4. The lowest BCUT2D eigenvalue weighted by Gasteiger charge is -2.20. The van der Waals surface area contributed by atoms with E-state index in [4.69, 9.17) is 59.4 Å². The van der Waals surface area contributed by atoms with E-state index in [1.54, 1.807) is 84.9 Å². The summed E-state index contributed by atoms with van der Waals surface area (Å²) < 4.78 is 39.9. The fraction of sp³-hybridized carbons (Fsp3) is 0.283. The van der Waals surface area contributed by atoms with Crippen LogP contribution in [0, 0.1) is 26.3 Å². The maximum atomic E-state index is 12.6.